The summed E-state index contributed by atoms with van der Waals surface area (Å²) in [5.41, 5.74) is 10.5. The van der Waals surface area contributed by atoms with Gasteiger partial charge in [0.15, 0.2) is 0 Å². The number of hydrogen-bond donors (Lipinski definition) is 3. The Labute approximate surface area is 77.5 Å². The topological polar surface area (TPSA) is 129 Å². The largest absolute Gasteiger partial charge is 0.330 e. The summed E-state index contributed by atoms with van der Waals surface area (Å²) in [5.74, 6) is 0. The lowest BCUT2D eigenvalue weighted by Crippen LogP contribution is -2.39. The predicted octanol–water partition coefficient (Wildman–Crippen LogP) is -1.74. The Morgan fingerprint density at radius 1 is 1.31 bits per heavy atom. The van der Waals surface area contributed by atoms with Crippen LogP contribution in [0.25, 0.3) is 0 Å². The second-order valence-corrected chi connectivity index (χ2v) is 4.25. The normalized spacial score (nSPS) is 14.1. The van der Waals surface area contributed by atoms with E-state index in [0.29, 0.717) is 25.8 Å². The molecule has 0 radical (unpaired) electrons. The SMILES string of the molecule is NCCCCC(N)C(=O)S(N)(=O)=O. The summed E-state index contributed by atoms with van der Waals surface area (Å²) in [6.45, 7) is 0.496. The summed E-state index contributed by atoms with van der Waals surface area (Å²) in [6, 6.07) is -1.03. The van der Waals surface area contributed by atoms with E-state index in [9.17, 15) is 13.2 Å². The smallest absolute Gasteiger partial charge is 0.277 e. The van der Waals surface area contributed by atoms with Gasteiger partial charge < -0.3 is 11.5 Å². The molecule has 0 bridgehead atoms. The van der Waals surface area contributed by atoms with Crippen molar-refractivity contribution in [3.05, 3.63) is 0 Å². The van der Waals surface area contributed by atoms with Crippen LogP contribution in [0, 0.1) is 0 Å². The lowest BCUT2D eigenvalue weighted by atomic mass is 10.1. The molecular weight excluding hydrogens is 194 g/mol. The third-order valence-corrected chi connectivity index (χ3v) is 2.42. The van der Waals surface area contributed by atoms with Crippen molar-refractivity contribution < 1.29 is 13.2 Å². The van der Waals surface area contributed by atoms with Gasteiger partial charge in [0.1, 0.15) is 0 Å². The average molecular weight is 209 g/mol. The Hall–Kier alpha value is -0.500. The van der Waals surface area contributed by atoms with Gasteiger partial charge in [-0.15, -0.1) is 0 Å². The van der Waals surface area contributed by atoms with Gasteiger partial charge in [0.05, 0.1) is 6.04 Å². The number of sulfonamides is 1. The Morgan fingerprint density at radius 3 is 2.23 bits per heavy atom. The molecule has 0 rings (SSSR count). The van der Waals surface area contributed by atoms with E-state index in [1.165, 1.54) is 0 Å². The molecule has 0 aliphatic rings. The van der Waals surface area contributed by atoms with Gasteiger partial charge in [-0.05, 0) is 19.4 Å². The third kappa shape index (κ3) is 4.94. The Balaban J connectivity index is 3.98. The number of nitrogens with two attached hydrogens (primary N) is 3. The summed E-state index contributed by atoms with van der Waals surface area (Å²) in [4.78, 5) is 10.9. The molecule has 7 heteroatoms. The van der Waals surface area contributed by atoms with Crippen LogP contribution < -0.4 is 16.6 Å². The second-order valence-electron chi connectivity index (χ2n) is 2.75. The predicted molar refractivity (Wildman–Crippen MR) is 49.0 cm³/mol. The number of hydrogen-bond acceptors (Lipinski definition) is 5. The zero-order valence-corrected chi connectivity index (χ0v) is 8.09. The summed E-state index contributed by atoms with van der Waals surface area (Å²) in [6.07, 6.45) is 1.64. The molecule has 1 atom stereocenters. The van der Waals surface area contributed by atoms with E-state index in [2.05, 4.69) is 5.14 Å². The van der Waals surface area contributed by atoms with Gasteiger partial charge in [0.25, 0.3) is 15.1 Å². The first-order chi connectivity index (χ1) is 5.89. The van der Waals surface area contributed by atoms with Crippen LogP contribution in [-0.4, -0.2) is 26.1 Å². The van der Waals surface area contributed by atoms with Gasteiger partial charge in [-0.2, -0.15) is 0 Å². The van der Waals surface area contributed by atoms with Crippen LogP contribution in [0.15, 0.2) is 0 Å². The van der Waals surface area contributed by atoms with Gasteiger partial charge >= 0.3 is 0 Å². The van der Waals surface area contributed by atoms with Crippen LogP contribution in [0.4, 0.5) is 0 Å². The molecule has 0 heterocycles. The molecule has 0 aliphatic heterocycles. The van der Waals surface area contributed by atoms with E-state index in [0.717, 1.165) is 0 Å². The fourth-order valence-electron chi connectivity index (χ4n) is 0.837. The molecule has 1 unspecified atom stereocenters. The molecule has 0 fully saturated rings. The Bertz CT molecular complexity index is 262. The lowest BCUT2D eigenvalue weighted by molar-refractivity contribution is -0.113. The van der Waals surface area contributed by atoms with Crippen molar-refractivity contribution in [3.8, 4) is 0 Å². The van der Waals surface area contributed by atoms with Crippen molar-refractivity contribution in [2.75, 3.05) is 6.54 Å². The van der Waals surface area contributed by atoms with Crippen LogP contribution in [0.1, 0.15) is 19.3 Å². The molecule has 6 N–H and O–H groups in total. The summed E-state index contributed by atoms with van der Waals surface area (Å²) in [5, 5.41) is 3.50. The first kappa shape index (κ1) is 12.5. The number of unbranched alkanes of at least 4 members (excludes halogenated alkanes) is 1. The first-order valence-corrected chi connectivity index (χ1v) is 5.46. The molecule has 0 aromatic rings. The van der Waals surface area contributed by atoms with Crippen LogP contribution in [0.2, 0.25) is 0 Å². The quantitative estimate of drug-likeness (QED) is 0.463. The maximum absolute atomic E-state index is 10.9. The van der Waals surface area contributed by atoms with Crippen LogP contribution >= 0.6 is 0 Å². The van der Waals surface area contributed by atoms with Gasteiger partial charge in [-0.25, -0.2) is 13.6 Å². The van der Waals surface area contributed by atoms with Gasteiger partial charge in [-0.1, -0.05) is 6.42 Å². The zero-order chi connectivity index (χ0) is 10.5. The second kappa shape index (κ2) is 5.28. The molecule has 0 aromatic heterocycles. The standard InChI is InChI=1S/C6H15N3O3S/c7-4-2-1-3-5(8)6(10)13(9,11)12/h5H,1-4,7-8H2,(H2,9,11,12). The Kier molecular flexibility index (Phi) is 5.07. The van der Waals surface area contributed by atoms with Crippen molar-refractivity contribution >= 4 is 15.1 Å². The van der Waals surface area contributed by atoms with E-state index < -0.39 is 21.2 Å². The third-order valence-electron chi connectivity index (χ3n) is 1.55. The highest BCUT2D eigenvalue weighted by Crippen LogP contribution is 2.00. The van der Waals surface area contributed by atoms with Crippen LogP contribution in [0.5, 0.6) is 0 Å². The summed E-state index contributed by atoms with van der Waals surface area (Å²) < 4.78 is 21.1. The minimum atomic E-state index is -4.13. The maximum atomic E-state index is 10.9. The van der Waals surface area contributed by atoms with E-state index in [4.69, 9.17) is 11.5 Å². The molecule has 6 nitrogen and oxygen atoms in total. The molecular formula is C6H15N3O3S. The molecule has 0 amide bonds. The molecule has 0 aliphatic carbocycles. The minimum absolute atomic E-state index is 0.298. The monoisotopic (exact) mass is 209 g/mol. The van der Waals surface area contributed by atoms with E-state index in [1.54, 1.807) is 0 Å². The first-order valence-electron chi connectivity index (χ1n) is 3.92. The number of primary sulfonamides is 1. The van der Waals surface area contributed by atoms with Crippen molar-refractivity contribution in [3.63, 3.8) is 0 Å². The molecule has 0 spiro atoms. The van der Waals surface area contributed by atoms with Crippen LogP contribution in [0.3, 0.4) is 0 Å². The number of carbonyl (C=O) groups excluding carboxylic acids is 1. The average Bonchev–Trinajstić information content (AvgIpc) is 2.01. The molecule has 13 heavy (non-hydrogen) atoms. The van der Waals surface area contributed by atoms with E-state index >= 15 is 0 Å². The van der Waals surface area contributed by atoms with Gasteiger partial charge in [-0.3, -0.25) is 4.79 Å². The number of carbonyl (C=O) groups is 1. The minimum Gasteiger partial charge on any atom is -0.330 e. The van der Waals surface area contributed by atoms with Crippen molar-refractivity contribution in [1.29, 1.82) is 0 Å². The molecule has 0 aromatic carbocycles. The maximum Gasteiger partial charge on any atom is 0.277 e. The van der Waals surface area contributed by atoms with E-state index in [-0.39, 0.29) is 0 Å². The highest BCUT2D eigenvalue weighted by Gasteiger charge is 2.23. The lowest BCUT2D eigenvalue weighted by Gasteiger charge is -2.07. The number of rotatable bonds is 5. The van der Waals surface area contributed by atoms with Crippen molar-refractivity contribution in [2.24, 2.45) is 16.6 Å². The van der Waals surface area contributed by atoms with Crippen LogP contribution in [-0.2, 0) is 14.8 Å². The summed E-state index contributed by atoms with van der Waals surface area (Å²) >= 11 is 0. The highest BCUT2D eigenvalue weighted by molar-refractivity contribution is 8.04. The van der Waals surface area contributed by atoms with Crippen molar-refractivity contribution in [2.45, 2.75) is 25.3 Å². The molecule has 0 saturated heterocycles. The Morgan fingerprint density at radius 2 is 1.85 bits per heavy atom. The zero-order valence-electron chi connectivity index (χ0n) is 7.27. The molecule has 78 valence electrons. The fraction of sp³-hybridized carbons (Fsp3) is 0.833. The molecule has 0 saturated carbocycles. The van der Waals surface area contributed by atoms with Gasteiger partial charge in [0, 0.05) is 0 Å². The summed E-state index contributed by atoms with van der Waals surface area (Å²) in [7, 11) is -4.13. The van der Waals surface area contributed by atoms with Crippen molar-refractivity contribution in [1.82, 2.24) is 0 Å². The van der Waals surface area contributed by atoms with E-state index in [1.807, 2.05) is 0 Å². The highest BCUT2D eigenvalue weighted by atomic mass is 32.2. The fourth-order valence-corrected chi connectivity index (χ4v) is 1.38. The van der Waals surface area contributed by atoms with Gasteiger partial charge in [0.2, 0.25) is 0 Å².